The molecule has 258 valence electrons. The summed E-state index contributed by atoms with van der Waals surface area (Å²) in [6.45, 7) is 4.85. The summed E-state index contributed by atoms with van der Waals surface area (Å²) in [5, 5.41) is 40.6. The van der Waals surface area contributed by atoms with Crippen molar-refractivity contribution in [3.63, 3.8) is 0 Å². The van der Waals surface area contributed by atoms with Gasteiger partial charge in [-0.25, -0.2) is 4.79 Å². The number of carbonyl (C=O) groups is 7. The summed E-state index contributed by atoms with van der Waals surface area (Å²) >= 11 is 1.46. The van der Waals surface area contributed by atoms with Crippen molar-refractivity contribution in [1.29, 1.82) is 0 Å². The van der Waals surface area contributed by atoms with Crippen LogP contribution in [0.15, 0.2) is 0 Å². The second kappa shape index (κ2) is 21.3. The average molecular weight is 664 g/mol. The summed E-state index contributed by atoms with van der Waals surface area (Å²) in [4.78, 5) is 87.0. The molecule has 18 heteroatoms. The van der Waals surface area contributed by atoms with E-state index < -0.39 is 96.8 Å². The predicted molar refractivity (Wildman–Crippen MR) is 165 cm³/mol. The van der Waals surface area contributed by atoms with Gasteiger partial charge >= 0.3 is 5.97 Å². The smallest absolute Gasteiger partial charge is 0.326 e. The minimum Gasteiger partial charge on any atom is -0.480 e. The molecule has 0 aromatic rings. The molecule has 0 bridgehead atoms. The fraction of sp³-hybridized carbons (Fsp3) is 0.741. The van der Waals surface area contributed by atoms with Gasteiger partial charge in [0.25, 0.3) is 0 Å². The van der Waals surface area contributed by atoms with E-state index in [9.17, 15) is 48.9 Å². The van der Waals surface area contributed by atoms with Crippen LogP contribution in [0.1, 0.15) is 53.4 Å². The highest BCUT2D eigenvalue weighted by Gasteiger charge is 2.33. The molecule has 0 radical (unpaired) electrons. The van der Waals surface area contributed by atoms with E-state index in [1.807, 2.05) is 6.26 Å². The zero-order valence-corrected chi connectivity index (χ0v) is 27.1. The van der Waals surface area contributed by atoms with E-state index in [1.165, 1.54) is 11.8 Å². The molecular weight excluding hydrogens is 614 g/mol. The zero-order chi connectivity index (χ0) is 34.9. The largest absolute Gasteiger partial charge is 0.480 e. The summed E-state index contributed by atoms with van der Waals surface area (Å²) in [5.41, 5.74) is 11.0. The summed E-state index contributed by atoms with van der Waals surface area (Å²) in [7, 11) is 0. The highest BCUT2D eigenvalue weighted by molar-refractivity contribution is 7.98. The van der Waals surface area contributed by atoms with Crippen molar-refractivity contribution in [1.82, 2.24) is 26.6 Å². The molecule has 0 aromatic carbocycles. The first-order valence-electron chi connectivity index (χ1n) is 14.5. The molecule has 0 saturated carbocycles. The second-order valence-electron chi connectivity index (χ2n) is 11.2. The summed E-state index contributed by atoms with van der Waals surface area (Å²) in [5.74, 6) is -6.52. The maximum absolute atomic E-state index is 13.0. The molecule has 0 aliphatic rings. The third kappa shape index (κ3) is 15.9. The molecule has 0 rings (SSSR count). The van der Waals surface area contributed by atoms with Crippen LogP contribution >= 0.6 is 11.8 Å². The minimum atomic E-state index is -1.66. The van der Waals surface area contributed by atoms with Crippen LogP contribution in [-0.2, 0) is 33.6 Å². The van der Waals surface area contributed by atoms with Gasteiger partial charge in [0.1, 0.15) is 30.2 Å². The van der Waals surface area contributed by atoms with Crippen LogP contribution in [0.3, 0.4) is 0 Å². The van der Waals surface area contributed by atoms with Gasteiger partial charge in [0.15, 0.2) is 0 Å². The van der Waals surface area contributed by atoms with E-state index in [4.69, 9.17) is 11.5 Å². The number of carboxylic acid groups (broad SMARTS) is 1. The highest BCUT2D eigenvalue weighted by atomic mass is 32.2. The maximum atomic E-state index is 13.0. The topological polar surface area (TPSA) is 292 Å². The van der Waals surface area contributed by atoms with Gasteiger partial charge in [0.2, 0.25) is 35.4 Å². The summed E-state index contributed by atoms with van der Waals surface area (Å²) < 4.78 is 0. The Labute approximate surface area is 266 Å². The number of thioether (sulfide) groups is 1. The first-order chi connectivity index (χ1) is 21.0. The predicted octanol–water partition coefficient (Wildman–Crippen LogP) is -3.47. The average Bonchev–Trinajstić information content (AvgIpc) is 2.96. The van der Waals surface area contributed by atoms with Gasteiger partial charge in [-0.1, -0.05) is 27.7 Å². The molecule has 6 atom stereocenters. The summed E-state index contributed by atoms with van der Waals surface area (Å²) in [6, 6.07) is -8.04. The van der Waals surface area contributed by atoms with Gasteiger partial charge in [-0.2, -0.15) is 11.8 Å². The number of aliphatic hydroxyl groups is 2. The van der Waals surface area contributed by atoms with E-state index in [-0.39, 0.29) is 25.2 Å². The number of aliphatic carboxylic acids is 1. The molecule has 12 N–H and O–H groups in total. The summed E-state index contributed by atoms with van der Waals surface area (Å²) in [6.07, 6.45) is 1.74. The monoisotopic (exact) mass is 663 g/mol. The molecule has 0 aromatic heterocycles. The van der Waals surface area contributed by atoms with E-state index in [1.54, 1.807) is 27.7 Å². The Balaban J connectivity index is 5.61. The van der Waals surface area contributed by atoms with E-state index in [2.05, 4.69) is 26.6 Å². The number of amides is 6. The maximum Gasteiger partial charge on any atom is 0.326 e. The van der Waals surface area contributed by atoms with Crippen LogP contribution in [0.25, 0.3) is 0 Å². The third-order valence-electron chi connectivity index (χ3n) is 6.48. The number of nitrogens with one attached hydrogen (secondary N) is 5. The van der Waals surface area contributed by atoms with Crippen molar-refractivity contribution in [2.75, 3.05) is 25.2 Å². The first-order valence-corrected chi connectivity index (χ1v) is 15.9. The Hall–Kier alpha value is -3.48. The Morgan fingerprint density at radius 1 is 0.689 bits per heavy atom. The number of carbonyl (C=O) groups excluding carboxylic acids is 6. The van der Waals surface area contributed by atoms with Crippen LogP contribution in [0, 0.1) is 11.8 Å². The molecular formula is C27H49N7O10S. The lowest BCUT2D eigenvalue weighted by Crippen LogP contribution is -2.61. The van der Waals surface area contributed by atoms with Crippen LogP contribution in [0.2, 0.25) is 0 Å². The Kier molecular flexibility index (Phi) is 19.6. The van der Waals surface area contributed by atoms with Crippen LogP contribution in [-0.4, -0.2) is 118 Å². The number of aliphatic hydroxyl groups excluding tert-OH is 2. The van der Waals surface area contributed by atoms with Crippen molar-refractivity contribution < 1.29 is 48.9 Å². The highest BCUT2D eigenvalue weighted by Crippen LogP contribution is 2.09. The lowest BCUT2D eigenvalue weighted by molar-refractivity contribution is -0.143. The van der Waals surface area contributed by atoms with Crippen molar-refractivity contribution in [3.8, 4) is 0 Å². The Bertz CT molecular complexity index is 1030. The number of hydrogen-bond donors (Lipinski definition) is 10. The van der Waals surface area contributed by atoms with Crippen LogP contribution < -0.4 is 38.1 Å². The number of primary amides is 1. The third-order valence-corrected chi connectivity index (χ3v) is 7.13. The molecule has 6 amide bonds. The Morgan fingerprint density at radius 2 is 1.16 bits per heavy atom. The molecule has 17 nitrogen and oxygen atoms in total. The van der Waals surface area contributed by atoms with Crippen molar-refractivity contribution in [3.05, 3.63) is 0 Å². The quantitative estimate of drug-likeness (QED) is 0.0540. The van der Waals surface area contributed by atoms with Crippen molar-refractivity contribution in [2.24, 2.45) is 23.3 Å². The molecule has 0 spiro atoms. The molecule has 0 heterocycles. The number of carboxylic acids is 1. The van der Waals surface area contributed by atoms with Crippen molar-refractivity contribution in [2.45, 2.75) is 89.6 Å². The van der Waals surface area contributed by atoms with Gasteiger partial charge in [0, 0.05) is 6.42 Å². The van der Waals surface area contributed by atoms with Crippen molar-refractivity contribution >= 4 is 53.2 Å². The van der Waals surface area contributed by atoms with E-state index in [0.717, 1.165) is 0 Å². The molecule has 45 heavy (non-hydrogen) atoms. The molecule has 0 aliphatic carbocycles. The lowest BCUT2D eigenvalue weighted by Gasteiger charge is -2.27. The lowest BCUT2D eigenvalue weighted by atomic mass is 10.00. The molecule has 0 saturated heterocycles. The van der Waals surface area contributed by atoms with Gasteiger partial charge in [-0.05, 0) is 43.1 Å². The van der Waals surface area contributed by atoms with Gasteiger partial charge in [-0.3, -0.25) is 28.8 Å². The van der Waals surface area contributed by atoms with Gasteiger partial charge in [0.05, 0.1) is 19.3 Å². The van der Waals surface area contributed by atoms with E-state index in [0.29, 0.717) is 12.2 Å². The molecule has 0 aliphatic heterocycles. The molecule has 0 fully saturated rings. The van der Waals surface area contributed by atoms with Crippen LogP contribution in [0.5, 0.6) is 0 Å². The normalized spacial score (nSPS) is 15.2. The number of hydrogen-bond acceptors (Lipinski definition) is 11. The van der Waals surface area contributed by atoms with E-state index >= 15 is 0 Å². The standard InChI is InChI=1S/C27H49N7O10S/c1-13(2)10-17(27(43)44)31-26(42)21(14(3)4)34-25(41)19(12-36)33-24(40)18(11-35)32-23(39)16(6-7-20(29)37)30-22(38)15(28)8-9-45-5/h13-19,21,35-36H,6-12,28H2,1-5H3,(H2,29,37)(H,30,38)(H,31,42)(H,32,39)(H,33,40)(H,34,41)(H,43,44)/t15-,16-,17-,18-,19-,21-/m0/s1. The van der Waals surface area contributed by atoms with Gasteiger partial charge < -0.3 is 53.4 Å². The van der Waals surface area contributed by atoms with Crippen LogP contribution in [0.4, 0.5) is 0 Å². The Morgan fingerprint density at radius 3 is 1.58 bits per heavy atom. The number of rotatable bonds is 22. The molecule has 0 unspecified atom stereocenters. The second-order valence-corrected chi connectivity index (χ2v) is 12.2. The first kappa shape index (κ1) is 41.5. The zero-order valence-electron chi connectivity index (χ0n) is 26.3. The number of nitrogens with two attached hydrogens (primary N) is 2. The minimum absolute atomic E-state index is 0.0512. The fourth-order valence-electron chi connectivity index (χ4n) is 3.89. The fourth-order valence-corrected chi connectivity index (χ4v) is 4.38. The van der Waals surface area contributed by atoms with Gasteiger partial charge in [-0.15, -0.1) is 0 Å². The SMILES string of the molecule is CSCC[C@H](N)C(=O)N[C@@H](CCC(N)=O)C(=O)N[C@@H](CO)C(=O)N[C@@H](CO)C(=O)N[C@H](C(=O)N[C@@H](CC(C)C)C(=O)O)C(C)C.